The quantitative estimate of drug-likeness (QED) is 0.0715. The van der Waals surface area contributed by atoms with Gasteiger partial charge in [0.1, 0.15) is 68.3 Å². The number of fused-ring (bicyclic) bond motifs is 5. The molecule has 10 rings (SSSR count). The van der Waals surface area contributed by atoms with Crippen LogP contribution in [0.25, 0.3) is 27.6 Å². The van der Waals surface area contributed by atoms with Gasteiger partial charge in [0.15, 0.2) is 21.2 Å². The Morgan fingerprint density at radius 3 is 0.734 bits per heavy atom. The van der Waals surface area contributed by atoms with Gasteiger partial charge in [-0.2, -0.15) is 22.4 Å². The van der Waals surface area contributed by atoms with Crippen LogP contribution in [0.1, 0.15) is 182 Å². The van der Waals surface area contributed by atoms with Crippen LogP contribution in [0.2, 0.25) is 15.5 Å². The Balaban J connectivity index is -0.000000106. The fraction of sp³-hybridized carbons (Fsp3) is 0.516. The molecular weight excluding hydrogens is 2160 g/mol. The standard InChI is InChI=1S/3C8H8ClN3.2C8H10N4.2C4H10.C3H8.2C2H6O.CH3I2.CH3I.5CH4.BI2.BI.HI2/c5*1-5-7-8(9)10-3-4-12(7)6(2)11-5;2*1-3-4-2;1-3-2;2*1-2-3;1-3-2;1-2;;;;;;1-3-2;2*1-2/h3*3-4H,1-2H3;2*3-4H,1-2H3,(H2,9,10);2*3-4H2,1-2H3;3H2,1-2H3;2*3H,2H2,1H3;1H3;1H3;5*1H4;;;1H/q;;;;;;;;;;-1;;;;;;;-1;;-1/i;;;;;;;;;;;;;;;;;;;1D. The van der Waals surface area contributed by atoms with Crippen molar-refractivity contribution in [1.82, 2.24) is 71.8 Å². The molecule has 19 nitrogen and oxygen atoms in total. The maximum atomic E-state index is 7.57. The van der Waals surface area contributed by atoms with Crippen LogP contribution in [0.15, 0.2) is 62.0 Å². The number of hydrogen-bond donors (Lipinski definition) is 4. The molecule has 4 radical (unpaired) electrons. The number of aliphatic hydroxyl groups is 2. The van der Waals surface area contributed by atoms with Crippen molar-refractivity contribution in [1.29, 1.82) is 0.594 Å². The zero-order valence-corrected chi connectivity index (χ0v) is 74.3. The third-order valence-corrected chi connectivity index (χ3v) is 11.3. The van der Waals surface area contributed by atoms with E-state index in [1.54, 1.807) is 67.2 Å². The fourth-order valence-electron chi connectivity index (χ4n) is 6.87. The molecule has 10 heterocycles. The Bertz CT molecular complexity index is 2890. The molecule has 10 aromatic heterocycles. The Morgan fingerprint density at radius 1 is 0.457 bits per heavy atom. The van der Waals surface area contributed by atoms with Crippen molar-refractivity contribution in [2.45, 2.75) is 194 Å². The van der Waals surface area contributed by atoms with Gasteiger partial charge in [0.2, 0.25) is 0 Å². The molecule has 6 N–H and O–H groups in total. The zero-order chi connectivity index (χ0) is 70.6. The minimum atomic E-state index is -0.190. The zero-order valence-electron chi connectivity index (χ0n) is 55.8. The summed E-state index contributed by atoms with van der Waals surface area (Å²) < 4.78 is 16.0. The molecule has 0 atom stereocenters. The van der Waals surface area contributed by atoms with Crippen LogP contribution >= 0.6 is 136 Å². The molecule has 0 saturated carbocycles. The Morgan fingerprint density at radius 2 is 0.596 bits per heavy atom. The van der Waals surface area contributed by atoms with Gasteiger partial charge in [-0.1, -0.05) is 168 Å². The molecule has 94 heavy (non-hydrogen) atoms. The van der Waals surface area contributed by atoms with Crippen LogP contribution in [-0.4, -0.2) is 117 Å². The van der Waals surface area contributed by atoms with Gasteiger partial charge in [0, 0.05) is 75.2 Å². The van der Waals surface area contributed by atoms with Gasteiger partial charge in [-0.3, -0.25) is 22.0 Å². The SMILES string of the molecule is C.C.C.C.C.CCC.CCCC.CCCC.CCO.CCO.CI.C[I-]I.Cc1nc(C)n2ccnc(Cl)c12.Cc1nc(C)n2ccnc(Cl)c12.Cc1nc(C)n2ccnc(Cl)c12.Cc1nc(C)n2ccnc(N)c12.Cc1nc(C)n2ccnc(N)c12.[2H][I-]I.[B]I.[B][I-]I. The molecule has 0 aliphatic carbocycles. The summed E-state index contributed by atoms with van der Waals surface area (Å²) in [6.07, 6.45) is 24.2. The van der Waals surface area contributed by atoms with E-state index in [4.69, 9.17) is 62.8 Å². The maximum absolute atomic E-state index is 7.57. The number of nitrogen functional groups attached to an aromatic ring is 2. The van der Waals surface area contributed by atoms with Gasteiger partial charge >= 0.3 is 120 Å². The Kier molecular flexibility index (Phi) is 86.1. The monoisotopic (exact) mass is 2270 g/mol. The van der Waals surface area contributed by atoms with Crippen molar-refractivity contribution in [3.63, 3.8) is 0 Å². The number of nitrogens with zero attached hydrogens (tertiary/aromatic N) is 15. The first-order valence-corrected chi connectivity index (χ1v) is 54.2. The van der Waals surface area contributed by atoms with E-state index in [9.17, 15) is 0 Å². The molecule has 0 unspecified atom stereocenters. The third kappa shape index (κ3) is 43.3. The van der Waals surface area contributed by atoms with E-state index in [0.717, 1.165) is 85.2 Å². The average Bonchev–Trinajstić information content (AvgIpc) is 1.73. The summed E-state index contributed by atoms with van der Waals surface area (Å²) in [4.78, 5) is 45.6. The van der Waals surface area contributed by atoms with E-state index in [1.165, 1.54) is 32.1 Å². The topological polar surface area (TPSA) is 243 Å². The van der Waals surface area contributed by atoms with Gasteiger partial charge < -0.3 is 21.7 Å². The molecule has 0 fully saturated rings. The normalized spacial score (nSPS) is 8.98. The molecule has 10 aromatic rings. The average molecular weight is 2270 g/mol. The molecule has 0 amide bonds. The molecule has 0 saturated heterocycles. The number of rotatable bonds is 2. The number of anilines is 2. The number of imidazole rings is 5. The molecule has 0 bridgehead atoms. The van der Waals surface area contributed by atoms with E-state index in [2.05, 4.69) is 180 Å². The van der Waals surface area contributed by atoms with E-state index < -0.39 is 0 Å². The van der Waals surface area contributed by atoms with Gasteiger partial charge in [-0.25, -0.2) is 49.8 Å². The number of unbranched alkanes of at least 4 members (excludes halogenated alkanes) is 2. The summed E-state index contributed by atoms with van der Waals surface area (Å²) in [6.45, 7) is 36.2. The predicted molar refractivity (Wildman–Crippen MR) is 447 cm³/mol. The summed E-state index contributed by atoms with van der Waals surface area (Å²) >= 11 is 28.6. The van der Waals surface area contributed by atoms with Gasteiger partial charge in [0.25, 0.3) is 0 Å². The second-order valence-corrected chi connectivity index (χ2v) is 28.1. The predicted octanol–water partition coefficient (Wildman–Crippen LogP) is 10.8. The van der Waals surface area contributed by atoms with Crippen LogP contribution in [0.3, 0.4) is 0 Å². The van der Waals surface area contributed by atoms with Crippen LogP contribution in [0, 0.1) is 69.2 Å². The van der Waals surface area contributed by atoms with Gasteiger partial charge in [-0.15, -0.1) is 0 Å². The van der Waals surface area contributed by atoms with E-state index in [-0.39, 0.29) is 85.8 Å². The van der Waals surface area contributed by atoms with Crippen LogP contribution < -0.4 is 64.1 Å². The number of halogens is 11. The van der Waals surface area contributed by atoms with Gasteiger partial charge in [0.05, 0.1) is 28.5 Å². The van der Waals surface area contributed by atoms with Gasteiger partial charge in [-0.05, 0) is 88.0 Å². The van der Waals surface area contributed by atoms with Crippen molar-refractivity contribution < 1.29 is 62.9 Å². The third-order valence-electron chi connectivity index (χ3n) is 10.4. The van der Waals surface area contributed by atoms with E-state index >= 15 is 0 Å². The Labute approximate surface area is 675 Å². The number of nitrogens with two attached hydrogens (primary N) is 2. The summed E-state index contributed by atoms with van der Waals surface area (Å²) in [5.74, 6) is 5.77. The van der Waals surface area contributed by atoms with E-state index in [0.29, 0.717) is 44.3 Å². The van der Waals surface area contributed by atoms with Crippen molar-refractivity contribution in [3.05, 3.63) is 135 Å². The van der Waals surface area contributed by atoms with Crippen molar-refractivity contribution in [3.8, 4) is 0 Å². The first kappa shape index (κ1) is 112. The van der Waals surface area contributed by atoms with Crippen LogP contribution in [0.5, 0.6) is 0 Å². The summed E-state index contributed by atoms with van der Waals surface area (Å²) in [5.41, 5.74) is 30.0. The number of alkyl halides is 2. The van der Waals surface area contributed by atoms with Crippen molar-refractivity contribution >= 4 is 186 Å². The molecular formula is C62H111B2Cl3I8N17O2-3. The minimum absolute atomic E-state index is 0. The molecule has 32 heteroatoms. The van der Waals surface area contributed by atoms with Crippen LogP contribution in [-0.2, 0) is 0 Å². The summed E-state index contributed by atoms with van der Waals surface area (Å²) in [5, 5.41) is 16.7. The summed E-state index contributed by atoms with van der Waals surface area (Å²) in [7, 11) is 0. The Hall–Kier alpha value is -0.540. The fourth-order valence-corrected chi connectivity index (χ4v) is 7.72. The van der Waals surface area contributed by atoms with Crippen molar-refractivity contribution in [2.75, 3.05) is 34.5 Å². The van der Waals surface area contributed by atoms with Crippen molar-refractivity contribution in [2.24, 2.45) is 0 Å². The number of aliphatic hydroxyl groups excluding tert-OH is 2. The molecule has 0 spiro atoms. The first-order chi connectivity index (χ1) is 42.8. The van der Waals surface area contributed by atoms with E-state index in [1.807, 2.05) is 127 Å². The molecule has 0 aliphatic rings. The second kappa shape index (κ2) is 72.3. The number of hydrogen-bond acceptors (Lipinski definition) is 14. The first-order valence-electron chi connectivity index (χ1n) is 27.8. The number of aromatic nitrogens is 15. The second-order valence-electron chi connectivity index (χ2n) is 17.2. The summed E-state index contributed by atoms with van der Waals surface area (Å²) in [6, 6.07) is 0. The molecule has 542 valence electrons. The molecule has 0 aromatic carbocycles. The van der Waals surface area contributed by atoms with Crippen LogP contribution in [0.4, 0.5) is 11.6 Å². The number of aryl methyl sites for hydroxylation is 10. The molecule has 0 aliphatic heterocycles.